The molecule has 1 unspecified atom stereocenters. The summed E-state index contributed by atoms with van der Waals surface area (Å²) in [4.78, 5) is 0. The van der Waals surface area contributed by atoms with Crippen LogP contribution in [0.15, 0.2) is 0 Å². The lowest BCUT2D eigenvalue weighted by molar-refractivity contribution is 0.264. The van der Waals surface area contributed by atoms with Crippen LogP contribution in [0, 0.1) is 62.1 Å². The molecule has 0 heterocycles. The second kappa shape index (κ2) is 4.86. The highest BCUT2D eigenvalue weighted by Crippen LogP contribution is 2.56. The minimum atomic E-state index is -1.45. The van der Waals surface area contributed by atoms with Gasteiger partial charge in [-0.25, -0.2) is 0 Å². The van der Waals surface area contributed by atoms with Gasteiger partial charge in [-0.3, -0.25) is 0 Å². The Balaban J connectivity index is 3.19. The SMILES string of the molecule is CCCCC1CCC(C#N)(C#N)C1(C#N)C#N. The summed E-state index contributed by atoms with van der Waals surface area (Å²) in [6, 6.07) is 7.79. The molecule has 1 rings (SSSR count). The zero-order valence-electron chi connectivity index (χ0n) is 9.90. The van der Waals surface area contributed by atoms with Crippen LogP contribution >= 0.6 is 0 Å². The van der Waals surface area contributed by atoms with Crippen LogP contribution in [-0.2, 0) is 0 Å². The van der Waals surface area contributed by atoms with Crippen LogP contribution < -0.4 is 0 Å². The maximum absolute atomic E-state index is 9.31. The summed E-state index contributed by atoms with van der Waals surface area (Å²) in [5.41, 5.74) is -2.90. The summed E-state index contributed by atoms with van der Waals surface area (Å²) in [6.45, 7) is 2.04. The Morgan fingerprint density at radius 3 is 2.06 bits per heavy atom. The van der Waals surface area contributed by atoms with Crippen molar-refractivity contribution in [2.45, 2.75) is 39.0 Å². The molecule has 4 nitrogen and oxygen atoms in total. The van der Waals surface area contributed by atoms with Gasteiger partial charge >= 0.3 is 0 Å². The monoisotopic (exact) mass is 226 g/mol. The fraction of sp³-hybridized carbons (Fsp3) is 0.692. The molecule has 0 amide bonds. The van der Waals surface area contributed by atoms with Crippen molar-refractivity contribution in [2.24, 2.45) is 16.7 Å². The fourth-order valence-electron chi connectivity index (χ4n) is 2.68. The summed E-state index contributed by atoms with van der Waals surface area (Å²) < 4.78 is 0. The molecule has 1 aliphatic carbocycles. The zero-order chi connectivity index (χ0) is 12.9. The molecule has 0 aromatic rings. The van der Waals surface area contributed by atoms with Crippen LogP contribution in [0.4, 0.5) is 0 Å². The van der Waals surface area contributed by atoms with Crippen LogP contribution in [0.5, 0.6) is 0 Å². The maximum Gasteiger partial charge on any atom is 0.178 e. The molecule has 1 fully saturated rings. The number of nitrogens with zero attached hydrogens (tertiary/aromatic N) is 4. The molecule has 17 heavy (non-hydrogen) atoms. The molecule has 0 aromatic carbocycles. The minimum absolute atomic E-state index is 0.156. The summed E-state index contributed by atoms with van der Waals surface area (Å²) >= 11 is 0. The highest BCUT2D eigenvalue weighted by atomic mass is 14.6. The quantitative estimate of drug-likeness (QED) is 0.738. The van der Waals surface area contributed by atoms with Crippen molar-refractivity contribution in [1.29, 1.82) is 21.0 Å². The molecule has 1 atom stereocenters. The number of hydrogen-bond donors (Lipinski definition) is 0. The van der Waals surface area contributed by atoms with E-state index in [1.165, 1.54) is 0 Å². The summed E-state index contributed by atoms with van der Waals surface area (Å²) in [5.74, 6) is -0.156. The number of hydrogen-bond acceptors (Lipinski definition) is 4. The van der Waals surface area contributed by atoms with Gasteiger partial charge in [-0.15, -0.1) is 0 Å². The van der Waals surface area contributed by atoms with Crippen LogP contribution in [0.2, 0.25) is 0 Å². The van der Waals surface area contributed by atoms with Gasteiger partial charge in [-0.2, -0.15) is 21.0 Å². The number of rotatable bonds is 3. The normalized spacial score (nSPS) is 23.9. The Morgan fingerprint density at radius 2 is 1.65 bits per heavy atom. The van der Waals surface area contributed by atoms with Gasteiger partial charge in [0, 0.05) is 0 Å². The molecule has 1 aliphatic rings. The van der Waals surface area contributed by atoms with E-state index in [0.29, 0.717) is 12.8 Å². The Hall–Kier alpha value is -2.04. The van der Waals surface area contributed by atoms with E-state index in [1.54, 1.807) is 0 Å². The van der Waals surface area contributed by atoms with E-state index in [4.69, 9.17) is 0 Å². The van der Waals surface area contributed by atoms with E-state index >= 15 is 0 Å². The fourth-order valence-corrected chi connectivity index (χ4v) is 2.68. The molecule has 0 aromatic heterocycles. The van der Waals surface area contributed by atoms with Gasteiger partial charge in [-0.1, -0.05) is 19.8 Å². The predicted octanol–water partition coefficient (Wildman–Crippen LogP) is 2.65. The number of nitriles is 4. The first kappa shape index (κ1) is 13.0. The van der Waals surface area contributed by atoms with Crippen molar-refractivity contribution in [3.8, 4) is 24.3 Å². The van der Waals surface area contributed by atoms with Gasteiger partial charge in [0.15, 0.2) is 10.8 Å². The first-order valence-corrected chi connectivity index (χ1v) is 5.81. The summed E-state index contributed by atoms with van der Waals surface area (Å²) in [5, 5.41) is 37.0. The third-order valence-corrected chi connectivity index (χ3v) is 3.79. The van der Waals surface area contributed by atoms with Crippen molar-refractivity contribution >= 4 is 0 Å². The van der Waals surface area contributed by atoms with Crippen LogP contribution in [0.3, 0.4) is 0 Å². The number of unbranched alkanes of at least 4 members (excludes halogenated alkanes) is 1. The molecule has 0 saturated heterocycles. The van der Waals surface area contributed by atoms with Crippen molar-refractivity contribution in [2.75, 3.05) is 0 Å². The smallest absolute Gasteiger partial charge is 0.178 e. The van der Waals surface area contributed by atoms with E-state index in [9.17, 15) is 21.0 Å². The summed E-state index contributed by atoms with van der Waals surface area (Å²) in [7, 11) is 0. The maximum atomic E-state index is 9.31. The first-order valence-electron chi connectivity index (χ1n) is 5.81. The van der Waals surface area contributed by atoms with Gasteiger partial charge in [0.1, 0.15) is 0 Å². The first-order chi connectivity index (χ1) is 8.16. The second-order valence-electron chi connectivity index (χ2n) is 4.54. The van der Waals surface area contributed by atoms with Crippen LogP contribution in [-0.4, -0.2) is 0 Å². The molecule has 4 heteroatoms. The van der Waals surface area contributed by atoms with Crippen LogP contribution in [0.1, 0.15) is 39.0 Å². The molecule has 0 aliphatic heterocycles. The van der Waals surface area contributed by atoms with Crippen molar-refractivity contribution < 1.29 is 0 Å². The predicted molar refractivity (Wildman–Crippen MR) is 59.6 cm³/mol. The average molecular weight is 226 g/mol. The van der Waals surface area contributed by atoms with E-state index < -0.39 is 10.8 Å². The van der Waals surface area contributed by atoms with Crippen molar-refractivity contribution in [3.05, 3.63) is 0 Å². The highest BCUT2D eigenvalue weighted by Gasteiger charge is 2.63. The Bertz CT molecular complexity index is 424. The van der Waals surface area contributed by atoms with E-state index in [-0.39, 0.29) is 5.92 Å². The molecular formula is C13H14N4. The van der Waals surface area contributed by atoms with Gasteiger partial charge < -0.3 is 0 Å². The van der Waals surface area contributed by atoms with Gasteiger partial charge in [0.05, 0.1) is 24.3 Å². The van der Waals surface area contributed by atoms with Crippen molar-refractivity contribution in [3.63, 3.8) is 0 Å². The average Bonchev–Trinajstić information content (AvgIpc) is 2.70. The molecule has 0 N–H and O–H groups in total. The van der Waals surface area contributed by atoms with Gasteiger partial charge in [-0.05, 0) is 25.2 Å². The zero-order valence-corrected chi connectivity index (χ0v) is 9.90. The lowest BCUT2D eigenvalue weighted by atomic mass is 9.64. The van der Waals surface area contributed by atoms with Gasteiger partial charge in [0.2, 0.25) is 0 Å². The summed E-state index contributed by atoms with van der Waals surface area (Å²) in [6.07, 6.45) is 3.58. The van der Waals surface area contributed by atoms with Crippen molar-refractivity contribution in [1.82, 2.24) is 0 Å². The van der Waals surface area contributed by atoms with Gasteiger partial charge in [0.25, 0.3) is 0 Å². The molecule has 0 radical (unpaired) electrons. The topological polar surface area (TPSA) is 95.2 Å². The molecule has 86 valence electrons. The van der Waals surface area contributed by atoms with E-state index in [1.807, 2.05) is 31.2 Å². The second-order valence-corrected chi connectivity index (χ2v) is 4.54. The molecule has 0 bridgehead atoms. The third-order valence-electron chi connectivity index (χ3n) is 3.79. The minimum Gasteiger partial charge on any atom is -0.196 e. The highest BCUT2D eigenvalue weighted by molar-refractivity contribution is 5.38. The molecule has 0 spiro atoms. The van der Waals surface area contributed by atoms with E-state index in [0.717, 1.165) is 19.3 Å². The largest absolute Gasteiger partial charge is 0.196 e. The Kier molecular flexibility index (Phi) is 3.73. The molecular weight excluding hydrogens is 212 g/mol. The standard InChI is InChI=1S/C13H14N4/c1-2-3-4-11-5-6-12(7-14,8-15)13(11,9-16)10-17/h11H,2-6H2,1H3. The lowest BCUT2D eigenvalue weighted by Gasteiger charge is -2.28. The lowest BCUT2D eigenvalue weighted by Crippen LogP contribution is -2.37. The van der Waals surface area contributed by atoms with E-state index in [2.05, 4.69) is 0 Å². The molecule has 1 saturated carbocycles. The Labute approximate surface area is 102 Å². The van der Waals surface area contributed by atoms with Crippen LogP contribution in [0.25, 0.3) is 0 Å². The Morgan fingerprint density at radius 1 is 1.06 bits per heavy atom. The third kappa shape index (κ3) is 1.63.